The molecule has 2 aliphatic rings. The van der Waals surface area contributed by atoms with E-state index in [1.54, 1.807) is 7.11 Å². The summed E-state index contributed by atoms with van der Waals surface area (Å²) in [6, 6.07) is 3.99. The number of carbonyl (C=O) groups is 1. The minimum absolute atomic E-state index is 0.397. The van der Waals surface area contributed by atoms with Crippen LogP contribution in [0.2, 0.25) is 0 Å². The molecule has 3 rings (SSSR count). The molecule has 0 amide bonds. The lowest BCUT2D eigenvalue weighted by Crippen LogP contribution is -2.27. The van der Waals surface area contributed by atoms with Crippen molar-refractivity contribution in [2.45, 2.75) is 31.1 Å². The number of hydrogen-bond donors (Lipinski definition) is 1. The highest BCUT2D eigenvalue weighted by Gasteiger charge is 2.53. The zero-order chi connectivity index (χ0) is 13.6. The Labute approximate surface area is 112 Å². The largest absolute Gasteiger partial charge is 0.496 e. The van der Waals surface area contributed by atoms with E-state index in [-0.39, 0.29) is 0 Å². The Kier molecular flexibility index (Phi) is 2.78. The van der Waals surface area contributed by atoms with Crippen LogP contribution in [-0.2, 0) is 14.9 Å². The van der Waals surface area contributed by atoms with E-state index in [0.29, 0.717) is 24.5 Å². The highest BCUT2D eigenvalue weighted by molar-refractivity contribution is 5.86. The van der Waals surface area contributed by atoms with Crippen molar-refractivity contribution in [2.24, 2.45) is 0 Å². The van der Waals surface area contributed by atoms with Crippen LogP contribution in [0.3, 0.4) is 0 Å². The van der Waals surface area contributed by atoms with Gasteiger partial charge in [-0.15, -0.1) is 0 Å². The number of carboxylic acid groups (broad SMARTS) is 1. The first-order valence-electron chi connectivity index (χ1n) is 6.58. The zero-order valence-corrected chi connectivity index (χ0v) is 11.2. The van der Waals surface area contributed by atoms with Crippen molar-refractivity contribution in [1.29, 1.82) is 0 Å². The van der Waals surface area contributed by atoms with Gasteiger partial charge < -0.3 is 14.6 Å². The lowest BCUT2D eigenvalue weighted by molar-refractivity contribution is -0.140. The summed E-state index contributed by atoms with van der Waals surface area (Å²) >= 11 is 0. The molecule has 1 heterocycles. The number of rotatable bonds is 4. The molecule has 1 aromatic carbocycles. The molecule has 19 heavy (non-hydrogen) atoms. The van der Waals surface area contributed by atoms with Crippen LogP contribution in [0.25, 0.3) is 0 Å². The van der Waals surface area contributed by atoms with Crippen LogP contribution in [-0.4, -0.2) is 31.4 Å². The van der Waals surface area contributed by atoms with Crippen molar-refractivity contribution in [1.82, 2.24) is 0 Å². The standard InChI is InChI=1S/C15H18O4/c1-9-5-13(18-2)12(15(3-4-15)14(16)17)6-11(9)10-7-19-8-10/h5-6,10H,3-4,7-8H2,1-2H3,(H,16,17). The molecule has 1 aliphatic heterocycles. The molecule has 1 saturated heterocycles. The van der Waals surface area contributed by atoms with E-state index in [9.17, 15) is 9.90 Å². The Balaban J connectivity index is 2.09. The first-order chi connectivity index (χ1) is 9.08. The maximum atomic E-state index is 11.5. The summed E-state index contributed by atoms with van der Waals surface area (Å²) < 4.78 is 10.6. The summed E-state index contributed by atoms with van der Waals surface area (Å²) in [6.45, 7) is 3.50. The van der Waals surface area contributed by atoms with E-state index < -0.39 is 11.4 Å². The van der Waals surface area contributed by atoms with Crippen LogP contribution in [0.1, 0.15) is 35.4 Å². The molecule has 0 bridgehead atoms. The van der Waals surface area contributed by atoms with E-state index in [0.717, 1.165) is 24.3 Å². The van der Waals surface area contributed by atoms with Crippen molar-refractivity contribution >= 4 is 5.97 Å². The topological polar surface area (TPSA) is 55.8 Å². The number of methoxy groups -OCH3 is 1. The average molecular weight is 262 g/mol. The normalized spacial score (nSPS) is 20.7. The monoisotopic (exact) mass is 262 g/mol. The number of aliphatic carboxylic acids is 1. The summed E-state index contributed by atoms with van der Waals surface area (Å²) in [4.78, 5) is 11.5. The van der Waals surface area contributed by atoms with Gasteiger partial charge in [0, 0.05) is 11.5 Å². The SMILES string of the molecule is COc1cc(C)c(C2COC2)cc1C1(C(=O)O)CC1. The second kappa shape index (κ2) is 4.23. The highest BCUT2D eigenvalue weighted by Crippen LogP contribution is 2.52. The lowest BCUT2D eigenvalue weighted by atomic mass is 9.86. The van der Waals surface area contributed by atoms with Crippen molar-refractivity contribution < 1.29 is 19.4 Å². The maximum Gasteiger partial charge on any atom is 0.314 e. The second-order valence-electron chi connectivity index (χ2n) is 5.53. The van der Waals surface area contributed by atoms with Gasteiger partial charge in [-0.3, -0.25) is 4.79 Å². The predicted molar refractivity (Wildman–Crippen MR) is 69.8 cm³/mol. The van der Waals surface area contributed by atoms with Crippen molar-refractivity contribution in [3.05, 3.63) is 28.8 Å². The molecule has 1 saturated carbocycles. The van der Waals surface area contributed by atoms with E-state index in [4.69, 9.17) is 9.47 Å². The molecule has 1 aliphatic carbocycles. The molecule has 0 unspecified atom stereocenters. The molecule has 1 aromatic rings. The molecular weight excluding hydrogens is 244 g/mol. The number of aryl methyl sites for hydroxylation is 1. The number of benzene rings is 1. The van der Waals surface area contributed by atoms with Gasteiger partial charge in [0.05, 0.1) is 25.7 Å². The summed E-state index contributed by atoms with van der Waals surface area (Å²) in [7, 11) is 1.60. The number of hydrogen-bond acceptors (Lipinski definition) is 3. The summed E-state index contributed by atoms with van der Waals surface area (Å²) in [5.41, 5.74) is 2.46. The van der Waals surface area contributed by atoms with Crippen LogP contribution in [0.5, 0.6) is 5.75 Å². The van der Waals surface area contributed by atoms with Gasteiger partial charge >= 0.3 is 5.97 Å². The van der Waals surface area contributed by atoms with Gasteiger partial charge in [0.25, 0.3) is 0 Å². The Morgan fingerprint density at radius 3 is 2.53 bits per heavy atom. The Bertz CT molecular complexity index is 527. The van der Waals surface area contributed by atoms with Crippen molar-refractivity contribution in [3.63, 3.8) is 0 Å². The Morgan fingerprint density at radius 2 is 2.11 bits per heavy atom. The summed E-state index contributed by atoms with van der Waals surface area (Å²) in [5, 5.41) is 9.47. The van der Waals surface area contributed by atoms with Gasteiger partial charge in [0.15, 0.2) is 0 Å². The zero-order valence-electron chi connectivity index (χ0n) is 11.2. The fourth-order valence-corrected chi connectivity index (χ4v) is 2.82. The molecule has 102 valence electrons. The summed E-state index contributed by atoms with van der Waals surface area (Å²) in [6.07, 6.45) is 1.39. The maximum absolute atomic E-state index is 11.5. The third kappa shape index (κ3) is 1.82. The number of ether oxygens (including phenoxy) is 2. The van der Waals surface area contributed by atoms with Gasteiger partial charge in [-0.2, -0.15) is 0 Å². The molecule has 4 heteroatoms. The first-order valence-corrected chi connectivity index (χ1v) is 6.58. The molecule has 0 radical (unpaired) electrons. The van der Waals surface area contributed by atoms with Crippen LogP contribution >= 0.6 is 0 Å². The van der Waals surface area contributed by atoms with E-state index in [2.05, 4.69) is 0 Å². The van der Waals surface area contributed by atoms with Crippen LogP contribution in [0.4, 0.5) is 0 Å². The minimum atomic E-state index is -0.745. The smallest absolute Gasteiger partial charge is 0.314 e. The van der Waals surface area contributed by atoms with Crippen molar-refractivity contribution in [3.8, 4) is 5.75 Å². The van der Waals surface area contributed by atoms with Gasteiger partial charge in [0.2, 0.25) is 0 Å². The van der Waals surface area contributed by atoms with E-state index >= 15 is 0 Å². The van der Waals surface area contributed by atoms with Gasteiger partial charge in [-0.1, -0.05) is 6.07 Å². The fraction of sp³-hybridized carbons (Fsp3) is 0.533. The molecule has 0 spiro atoms. The lowest BCUT2D eigenvalue weighted by Gasteiger charge is -2.29. The second-order valence-corrected chi connectivity index (χ2v) is 5.53. The highest BCUT2D eigenvalue weighted by atomic mass is 16.5. The van der Waals surface area contributed by atoms with Gasteiger partial charge in [-0.05, 0) is 37.0 Å². The molecule has 0 aromatic heterocycles. The van der Waals surface area contributed by atoms with E-state index in [1.807, 2.05) is 19.1 Å². The van der Waals surface area contributed by atoms with Gasteiger partial charge in [-0.25, -0.2) is 0 Å². The van der Waals surface area contributed by atoms with Crippen molar-refractivity contribution in [2.75, 3.05) is 20.3 Å². The van der Waals surface area contributed by atoms with Crippen LogP contribution in [0, 0.1) is 6.92 Å². The molecular formula is C15H18O4. The van der Waals surface area contributed by atoms with Crippen LogP contribution < -0.4 is 4.74 Å². The molecule has 2 fully saturated rings. The Morgan fingerprint density at radius 1 is 1.42 bits per heavy atom. The predicted octanol–water partition coefficient (Wildman–Crippen LogP) is 2.23. The fourth-order valence-electron chi connectivity index (χ4n) is 2.82. The third-order valence-electron chi connectivity index (χ3n) is 4.34. The molecule has 4 nitrogen and oxygen atoms in total. The number of carboxylic acids is 1. The molecule has 0 atom stereocenters. The molecule has 1 N–H and O–H groups in total. The minimum Gasteiger partial charge on any atom is -0.496 e. The average Bonchev–Trinajstić information content (AvgIpc) is 3.10. The summed E-state index contributed by atoms with van der Waals surface area (Å²) in [5.74, 6) is 0.348. The van der Waals surface area contributed by atoms with E-state index in [1.165, 1.54) is 5.56 Å². The van der Waals surface area contributed by atoms with Gasteiger partial charge in [0.1, 0.15) is 5.75 Å². The first kappa shape index (κ1) is 12.5. The Hall–Kier alpha value is -1.55. The quantitative estimate of drug-likeness (QED) is 0.904. The van der Waals surface area contributed by atoms with Crippen LogP contribution in [0.15, 0.2) is 12.1 Å². The third-order valence-corrected chi connectivity index (χ3v) is 4.34.